The third kappa shape index (κ3) is 1.91. The second-order valence-electron chi connectivity index (χ2n) is 5.02. The molecule has 1 aromatic carbocycles. The molecule has 0 fully saturated rings. The number of carbonyl (C=O) groups is 1. The summed E-state index contributed by atoms with van der Waals surface area (Å²) in [7, 11) is 0. The van der Waals surface area contributed by atoms with Crippen LogP contribution in [0.4, 0.5) is 14.5 Å². The summed E-state index contributed by atoms with van der Waals surface area (Å²) in [6, 6.07) is 0. The van der Waals surface area contributed by atoms with Crippen LogP contribution in [-0.4, -0.2) is 22.2 Å². The summed E-state index contributed by atoms with van der Waals surface area (Å²) in [5.74, 6) is -4.54. The summed E-state index contributed by atoms with van der Waals surface area (Å²) in [4.78, 5) is 23.5. The average Bonchev–Trinajstić information content (AvgIpc) is 2.45. The number of hydrogen-bond donors (Lipinski definition) is 2. The largest absolute Gasteiger partial charge is 0.488 e. The summed E-state index contributed by atoms with van der Waals surface area (Å²) in [5, 5.41) is 8.75. The number of nitrogens with two attached hydrogens (primary N) is 1. The molecule has 0 saturated carbocycles. The second-order valence-corrected chi connectivity index (χ2v) is 5.02. The van der Waals surface area contributed by atoms with E-state index in [-0.39, 0.29) is 17.5 Å². The highest BCUT2D eigenvalue weighted by Gasteiger charge is 2.27. The van der Waals surface area contributed by atoms with Gasteiger partial charge in [0.1, 0.15) is 11.1 Å². The van der Waals surface area contributed by atoms with Gasteiger partial charge in [0.2, 0.25) is 11.2 Å². The Morgan fingerprint density at radius 1 is 1.32 bits per heavy atom. The van der Waals surface area contributed by atoms with E-state index in [4.69, 9.17) is 15.6 Å². The van der Waals surface area contributed by atoms with Gasteiger partial charge in [-0.3, -0.25) is 4.79 Å². The number of carboxylic acids is 1. The van der Waals surface area contributed by atoms with Crippen LogP contribution in [0.2, 0.25) is 0 Å². The lowest BCUT2D eigenvalue weighted by Gasteiger charge is -2.20. The van der Waals surface area contributed by atoms with E-state index in [9.17, 15) is 18.4 Å². The Labute approximate surface area is 122 Å². The van der Waals surface area contributed by atoms with Gasteiger partial charge in [0, 0.05) is 12.7 Å². The van der Waals surface area contributed by atoms with Crippen LogP contribution in [0.5, 0.6) is 5.75 Å². The summed E-state index contributed by atoms with van der Waals surface area (Å²) < 4.78 is 34.7. The fourth-order valence-corrected chi connectivity index (χ4v) is 2.61. The first-order chi connectivity index (χ1) is 10.4. The van der Waals surface area contributed by atoms with Crippen molar-refractivity contribution in [3.05, 3.63) is 33.6 Å². The van der Waals surface area contributed by atoms with Crippen molar-refractivity contribution in [1.29, 1.82) is 0 Å². The van der Waals surface area contributed by atoms with Crippen molar-refractivity contribution in [2.24, 2.45) is 0 Å². The Hall–Kier alpha value is -2.64. The van der Waals surface area contributed by atoms with Gasteiger partial charge in [-0.05, 0) is 12.8 Å². The maximum absolute atomic E-state index is 14.1. The number of rotatable bonds is 1. The van der Waals surface area contributed by atoms with E-state index in [0.29, 0.717) is 19.4 Å². The molecule has 0 aliphatic carbocycles. The number of anilines is 1. The highest BCUT2D eigenvalue weighted by atomic mass is 19.2. The lowest BCUT2D eigenvalue weighted by atomic mass is 10.1. The Bertz CT molecular complexity index is 861. The molecule has 3 N–H and O–H groups in total. The van der Waals surface area contributed by atoms with Gasteiger partial charge in [-0.2, -0.15) is 4.39 Å². The molecule has 0 saturated heterocycles. The molecule has 6 nitrogen and oxygen atoms in total. The fourth-order valence-electron chi connectivity index (χ4n) is 2.61. The highest BCUT2D eigenvalue weighted by Crippen LogP contribution is 2.35. The molecule has 3 rings (SSSR count). The molecule has 2 aromatic rings. The van der Waals surface area contributed by atoms with Gasteiger partial charge >= 0.3 is 5.97 Å². The van der Waals surface area contributed by atoms with Crippen molar-refractivity contribution in [3.8, 4) is 5.75 Å². The first kappa shape index (κ1) is 14.3. The number of ether oxygens (including phenoxy) is 1. The molecule has 0 amide bonds. The maximum atomic E-state index is 14.1. The Kier molecular flexibility index (Phi) is 3.23. The fraction of sp³-hybridized carbons (Fsp3) is 0.286. The van der Waals surface area contributed by atoms with E-state index >= 15 is 0 Å². The Morgan fingerprint density at radius 3 is 2.73 bits per heavy atom. The van der Waals surface area contributed by atoms with Gasteiger partial charge < -0.3 is 20.1 Å². The van der Waals surface area contributed by atoms with Crippen molar-refractivity contribution in [1.82, 2.24) is 4.57 Å². The monoisotopic (exact) mass is 310 g/mol. The third-order valence-corrected chi connectivity index (χ3v) is 3.66. The number of aromatic nitrogens is 1. The molecule has 0 unspecified atom stereocenters. The minimum Gasteiger partial charge on any atom is -0.488 e. The van der Waals surface area contributed by atoms with Crippen molar-refractivity contribution in [3.63, 3.8) is 0 Å². The van der Waals surface area contributed by atoms with E-state index in [0.717, 1.165) is 6.20 Å². The number of pyridine rings is 1. The number of nitrogens with zero attached hydrogens (tertiary/aromatic N) is 1. The topological polar surface area (TPSA) is 94.5 Å². The Balaban J connectivity index is 2.57. The molecule has 2 heterocycles. The summed E-state index contributed by atoms with van der Waals surface area (Å²) >= 11 is 0. The lowest BCUT2D eigenvalue weighted by Crippen LogP contribution is -2.23. The van der Waals surface area contributed by atoms with E-state index < -0.39 is 40.0 Å². The van der Waals surface area contributed by atoms with Crippen LogP contribution >= 0.6 is 0 Å². The molecule has 116 valence electrons. The van der Waals surface area contributed by atoms with Crippen molar-refractivity contribution >= 4 is 22.6 Å². The van der Waals surface area contributed by atoms with Crippen molar-refractivity contribution in [2.75, 3.05) is 12.3 Å². The molecule has 1 aliphatic rings. The minimum absolute atomic E-state index is 0.00824. The number of nitrogen functional groups attached to an aromatic ring is 1. The van der Waals surface area contributed by atoms with Gasteiger partial charge in [-0.15, -0.1) is 0 Å². The predicted octanol–water partition coefficient (Wildman–Crippen LogP) is 1.73. The van der Waals surface area contributed by atoms with Gasteiger partial charge in [0.25, 0.3) is 0 Å². The first-order valence-electron chi connectivity index (χ1n) is 6.63. The van der Waals surface area contributed by atoms with Gasteiger partial charge in [-0.25, -0.2) is 9.18 Å². The number of benzene rings is 1. The van der Waals surface area contributed by atoms with Gasteiger partial charge in [-0.1, -0.05) is 0 Å². The number of carboxylic acid groups (broad SMARTS) is 1. The number of hydrogen-bond acceptors (Lipinski definition) is 4. The molecule has 0 radical (unpaired) electrons. The zero-order valence-corrected chi connectivity index (χ0v) is 11.4. The molecule has 0 atom stereocenters. The SMILES string of the molecule is Nc1c(F)c(F)c2c3c1c(=O)c(C(=O)O)cn3CCCCO2. The normalized spacial score (nSPS) is 14.3. The van der Waals surface area contributed by atoms with E-state index in [1.165, 1.54) is 4.57 Å². The highest BCUT2D eigenvalue weighted by molar-refractivity contribution is 6.00. The lowest BCUT2D eigenvalue weighted by molar-refractivity contribution is 0.0694. The molecular weight excluding hydrogens is 298 g/mol. The number of halogens is 2. The van der Waals surface area contributed by atoms with E-state index in [1.54, 1.807) is 0 Å². The molecule has 1 aromatic heterocycles. The van der Waals surface area contributed by atoms with Gasteiger partial charge in [0.15, 0.2) is 11.6 Å². The third-order valence-electron chi connectivity index (χ3n) is 3.66. The van der Waals surface area contributed by atoms with E-state index in [2.05, 4.69) is 0 Å². The maximum Gasteiger partial charge on any atom is 0.341 e. The van der Waals surface area contributed by atoms with Crippen LogP contribution in [-0.2, 0) is 6.54 Å². The minimum atomic E-state index is -1.45. The van der Waals surface area contributed by atoms with Crippen LogP contribution in [0, 0.1) is 11.6 Å². The van der Waals surface area contributed by atoms with Gasteiger partial charge in [0.05, 0.1) is 17.7 Å². The number of aromatic carboxylic acids is 1. The van der Waals surface area contributed by atoms with Crippen LogP contribution in [0.15, 0.2) is 11.0 Å². The first-order valence-corrected chi connectivity index (χ1v) is 6.63. The molecule has 0 spiro atoms. The molecule has 22 heavy (non-hydrogen) atoms. The smallest absolute Gasteiger partial charge is 0.341 e. The summed E-state index contributed by atoms with van der Waals surface area (Å²) in [6.07, 6.45) is 2.33. The zero-order chi connectivity index (χ0) is 16.0. The zero-order valence-electron chi connectivity index (χ0n) is 11.4. The molecular formula is C14H12F2N2O4. The van der Waals surface area contributed by atoms with Crippen LogP contribution in [0.3, 0.4) is 0 Å². The molecule has 0 bridgehead atoms. The number of aryl methyl sites for hydroxylation is 1. The molecule has 8 heteroatoms. The average molecular weight is 310 g/mol. The molecule has 1 aliphatic heterocycles. The summed E-state index contributed by atoms with van der Waals surface area (Å²) in [6.45, 7) is 0.516. The standard InChI is InChI=1S/C14H12F2N2O4/c15-8-9(16)13-11-7(10(8)17)12(19)6(14(20)21)5-18(11)3-1-2-4-22-13/h5H,1-4,17H2,(H,20,21). The quantitative estimate of drug-likeness (QED) is 0.782. The van der Waals surface area contributed by atoms with Crippen LogP contribution in [0.1, 0.15) is 23.2 Å². The summed E-state index contributed by atoms with van der Waals surface area (Å²) in [5.41, 5.74) is 3.30. The van der Waals surface area contributed by atoms with E-state index in [1.807, 2.05) is 0 Å². The van der Waals surface area contributed by atoms with Crippen molar-refractivity contribution < 1.29 is 23.4 Å². The van der Waals surface area contributed by atoms with Crippen LogP contribution < -0.4 is 15.9 Å². The van der Waals surface area contributed by atoms with Crippen molar-refractivity contribution in [2.45, 2.75) is 19.4 Å². The van der Waals surface area contributed by atoms with Crippen LogP contribution in [0.25, 0.3) is 10.9 Å². The predicted molar refractivity (Wildman–Crippen MR) is 74.2 cm³/mol. The second kappa shape index (κ2) is 4.97. The Morgan fingerprint density at radius 2 is 2.05 bits per heavy atom.